The molecule has 0 aromatic heterocycles. The smallest absolute Gasteiger partial charge is 0.407 e. The SMILES string of the molecule is [B]C(=O)CN(CCOC(=O)COCC(=O)NCCOCCOCCNC(=O)OCCC)CCOC(=O)NCCOCCOCCNC(=O)OCCC. The highest BCUT2D eigenvalue weighted by atomic mass is 16.6. The molecule has 0 fully saturated rings. The lowest BCUT2D eigenvalue weighted by molar-refractivity contribution is -0.150. The number of carbonyl (C=O) groups is 6. The van der Waals surface area contributed by atoms with Crippen LogP contribution < -0.4 is 21.3 Å². The number of ether oxygens (including phenoxy) is 9. The summed E-state index contributed by atoms with van der Waals surface area (Å²) in [6.07, 6.45) is -0.162. The number of nitrogens with zero attached hydrogens (tertiary/aromatic N) is 1. The van der Waals surface area contributed by atoms with E-state index < -0.39 is 42.4 Å². The molecule has 0 bridgehead atoms. The van der Waals surface area contributed by atoms with Crippen molar-refractivity contribution in [3.63, 3.8) is 0 Å². The number of carbonyl (C=O) groups excluding carboxylic acids is 6. The summed E-state index contributed by atoms with van der Waals surface area (Å²) in [6, 6.07) is 0. The van der Waals surface area contributed by atoms with Crippen molar-refractivity contribution in [2.45, 2.75) is 26.7 Å². The van der Waals surface area contributed by atoms with Gasteiger partial charge in [-0.15, -0.1) is 0 Å². The van der Waals surface area contributed by atoms with Gasteiger partial charge in [-0.3, -0.25) is 9.69 Å². The second-order valence-corrected chi connectivity index (χ2v) is 10.4. The van der Waals surface area contributed by atoms with Gasteiger partial charge in [-0.25, -0.2) is 19.2 Å². The summed E-state index contributed by atoms with van der Waals surface area (Å²) in [6.45, 7) is 7.00. The number of amides is 4. The fourth-order valence-corrected chi connectivity index (χ4v) is 3.49. The number of rotatable bonds is 34. The predicted octanol–water partition coefficient (Wildman–Crippen LogP) is -1.28. The molecule has 0 spiro atoms. The van der Waals surface area contributed by atoms with E-state index in [0.717, 1.165) is 12.8 Å². The minimum Gasteiger partial charge on any atom is -0.463 e. The number of hydrogen-bond acceptors (Lipinski definition) is 16. The molecule has 0 aromatic carbocycles. The first kappa shape index (κ1) is 48.2. The van der Waals surface area contributed by atoms with Gasteiger partial charge in [-0.05, 0) is 12.8 Å². The van der Waals surface area contributed by atoms with Crippen LogP contribution in [0.15, 0.2) is 0 Å². The monoisotopic (exact) mass is 749 g/mol. The Kier molecular flexibility index (Phi) is 33.1. The highest BCUT2D eigenvalue weighted by Crippen LogP contribution is 1.93. The van der Waals surface area contributed by atoms with Crippen molar-refractivity contribution in [1.82, 2.24) is 26.2 Å². The molecule has 0 aliphatic heterocycles. The maximum absolute atomic E-state index is 11.9. The van der Waals surface area contributed by atoms with Crippen molar-refractivity contribution < 1.29 is 71.4 Å². The lowest BCUT2D eigenvalue weighted by atomic mass is 10.0. The molecule has 52 heavy (non-hydrogen) atoms. The quantitative estimate of drug-likeness (QED) is 0.0260. The van der Waals surface area contributed by atoms with Crippen LogP contribution in [-0.4, -0.2) is 187 Å². The maximum atomic E-state index is 11.9. The van der Waals surface area contributed by atoms with E-state index in [2.05, 4.69) is 21.3 Å². The summed E-state index contributed by atoms with van der Waals surface area (Å²) in [4.78, 5) is 71.2. The Labute approximate surface area is 306 Å². The Bertz CT molecular complexity index is 983. The summed E-state index contributed by atoms with van der Waals surface area (Å²) < 4.78 is 46.3. The van der Waals surface area contributed by atoms with Crippen LogP contribution in [0.4, 0.5) is 14.4 Å². The van der Waals surface area contributed by atoms with Gasteiger partial charge in [-0.2, -0.15) is 0 Å². The van der Waals surface area contributed by atoms with Crippen molar-refractivity contribution in [1.29, 1.82) is 0 Å². The largest absolute Gasteiger partial charge is 0.463 e. The molecule has 0 heterocycles. The van der Waals surface area contributed by atoms with Crippen molar-refractivity contribution in [3.8, 4) is 0 Å². The molecule has 0 unspecified atom stereocenters. The third-order valence-electron chi connectivity index (χ3n) is 5.88. The molecule has 0 saturated heterocycles. The summed E-state index contributed by atoms with van der Waals surface area (Å²) >= 11 is 0. The molecule has 20 nitrogen and oxygen atoms in total. The molecule has 0 aromatic rings. The molecule has 4 amide bonds. The van der Waals surface area contributed by atoms with E-state index in [1.54, 1.807) is 4.90 Å². The topological polar surface area (TPSA) is 237 Å². The van der Waals surface area contributed by atoms with Gasteiger partial charge in [0.1, 0.15) is 26.4 Å². The summed E-state index contributed by atoms with van der Waals surface area (Å²) in [5, 5.41) is 10.2. The minimum absolute atomic E-state index is 0.0604. The van der Waals surface area contributed by atoms with Gasteiger partial charge in [0.25, 0.3) is 0 Å². The maximum Gasteiger partial charge on any atom is 0.407 e. The zero-order chi connectivity index (χ0) is 38.5. The standard InChI is InChI=1S/C31H56BN5O15/c1-3-11-50-29(41)34-6-14-45-20-19-44-13-5-33-27(39)24-48-25-28(40)49-17-9-37(23-26(32)38)10-18-52-31(43)36-8-16-47-22-21-46-15-7-35-30(42)51-12-4-2/h3-25H2,1-2H3,(H,33,39)(H,34,41)(H,35,42)(H,36,43). The fraction of sp³-hybridized carbons (Fsp3) is 0.806. The number of nitrogens with one attached hydrogen (secondary N) is 4. The zero-order valence-electron chi connectivity index (χ0n) is 30.4. The Hall–Kier alpha value is -3.76. The van der Waals surface area contributed by atoms with E-state index in [4.69, 9.17) is 50.5 Å². The van der Waals surface area contributed by atoms with Gasteiger partial charge in [-0.1, -0.05) is 13.8 Å². The van der Waals surface area contributed by atoms with Gasteiger partial charge in [0.15, 0.2) is 7.85 Å². The van der Waals surface area contributed by atoms with E-state index in [1.165, 1.54) is 0 Å². The Morgan fingerprint density at radius 1 is 0.481 bits per heavy atom. The molecule has 298 valence electrons. The van der Waals surface area contributed by atoms with Crippen LogP contribution in [0.1, 0.15) is 26.7 Å². The normalized spacial score (nSPS) is 10.7. The van der Waals surface area contributed by atoms with E-state index in [9.17, 15) is 28.8 Å². The second kappa shape index (κ2) is 35.6. The van der Waals surface area contributed by atoms with Crippen LogP contribution in [-0.2, 0) is 57.0 Å². The van der Waals surface area contributed by atoms with Gasteiger partial charge in [0.2, 0.25) is 5.91 Å². The first-order valence-corrected chi connectivity index (χ1v) is 17.2. The first-order chi connectivity index (χ1) is 25.2. The lowest BCUT2D eigenvalue weighted by Gasteiger charge is -2.20. The van der Waals surface area contributed by atoms with Crippen molar-refractivity contribution >= 4 is 43.7 Å². The third kappa shape index (κ3) is 34.7. The van der Waals surface area contributed by atoms with E-state index in [0.29, 0.717) is 65.9 Å². The Balaban J connectivity index is 3.80. The van der Waals surface area contributed by atoms with E-state index in [1.807, 2.05) is 13.8 Å². The summed E-state index contributed by atoms with van der Waals surface area (Å²) in [5.74, 6) is -1.16. The second-order valence-electron chi connectivity index (χ2n) is 10.4. The molecular formula is C31H56BN5O15. The minimum atomic E-state index is -0.714. The number of esters is 1. The molecule has 0 saturated carbocycles. The van der Waals surface area contributed by atoms with Crippen LogP contribution in [0, 0.1) is 0 Å². The highest BCUT2D eigenvalue weighted by Gasteiger charge is 2.12. The zero-order valence-corrected chi connectivity index (χ0v) is 30.4. The highest BCUT2D eigenvalue weighted by molar-refractivity contribution is 6.58. The van der Waals surface area contributed by atoms with Crippen LogP contribution in [0.3, 0.4) is 0 Å². The predicted molar refractivity (Wildman–Crippen MR) is 184 cm³/mol. The van der Waals surface area contributed by atoms with Gasteiger partial charge >= 0.3 is 24.2 Å². The molecule has 2 radical (unpaired) electrons. The average molecular weight is 750 g/mol. The lowest BCUT2D eigenvalue weighted by Crippen LogP contribution is -2.37. The Morgan fingerprint density at radius 3 is 1.31 bits per heavy atom. The average Bonchev–Trinajstić information content (AvgIpc) is 3.10. The van der Waals surface area contributed by atoms with Crippen LogP contribution in [0.2, 0.25) is 0 Å². The van der Waals surface area contributed by atoms with Crippen molar-refractivity contribution in [2.75, 3.05) is 138 Å². The van der Waals surface area contributed by atoms with Crippen molar-refractivity contribution in [2.24, 2.45) is 0 Å². The van der Waals surface area contributed by atoms with Crippen LogP contribution >= 0.6 is 0 Å². The molecule has 21 heteroatoms. The van der Waals surface area contributed by atoms with Gasteiger partial charge in [0, 0.05) is 45.8 Å². The van der Waals surface area contributed by atoms with E-state index >= 15 is 0 Å². The van der Waals surface area contributed by atoms with Crippen LogP contribution in [0.25, 0.3) is 0 Å². The molecule has 0 aliphatic carbocycles. The van der Waals surface area contributed by atoms with Crippen LogP contribution in [0.5, 0.6) is 0 Å². The fourth-order valence-electron chi connectivity index (χ4n) is 3.49. The van der Waals surface area contributed by atoms with Gasteiger partial charge < -0.3 is 68.7 Å². The summed E-state index contributed by atoms with van der Waals surface area (Å²) in [5.41, 5.74) is -0.619. The number of alkyl carbamates (subject to hydrolysis) is 3. The molecule has 0 rings (SSSR count). The molecule has 4 N–H and O–H groups in total. The Morgan fingerprint density at radius 2 is 0.885 bits per heavy atom. The third-order valence-corrected chi connectivity index (χ3v) is 5.88. The molecule has 0 aliphatic rings. The molecule has 0 atom stereocenters. The molecular weight excluding hydrogens is 693 g/mol. The first-order valence-electron chi connectivity index (χ1n) is 17.2. The van der Waals surface area contributed by atoms with Crippen molar-refractivity contribution in [3.05, 3.63) is 0 Å². The van der Waals surface area contributed by atoms with E-state index in [-0.39, 0.29) is 65.8 Å². The summed E-state index contributed by atoms with van der Waals surface area (Å²) in [7, 11) is 5.28. The van der Waals surface area contributed by atoms with Gasteiger partial charge in [0.05, 0.1) is 71.8 Å². The number of hydrogen-bond donors (Lipinski definition) is 4.